The average Bonchev–Trinajstić information content (AvgIpc) is 2.56. The van der Waals surface area contributed by atoms with Gasteiger partial charge in [-0.2, -0.15) is 0 Å². The molecule has 2 aromatic rings. The first-order valence-corrected chi connectivity index (χ1v) is 7.22. The molecule has 0 aliphatic carbocycles. The highest BCUT2D eigenvalue weighted by molar-refractivity contribution is 6.33. The Kier molecular flexibility index (Phi) is 5.56. The minimum Gasteiger partial charge on any atom is -0.481 e. The van der Waals surface area contributed by atoms with Crippen molar-refractivity contribution in [2.24, 2.45) is 5.84 Å². The molecule has 4 N–H and O–H groups in total. The van der Waals surface area contributed by atoms with E-state index in [4.69, 9.17) is 22.2 Å². The lowest BCUT2D eigenvalue weighted by Crippen LogP contribution is -2.40. The third-order valence-electron chi connectivity index (χ3n) is 3.06. The summed E-state index contributed by atoms with van der Waals surface area (Å²) in [6, 6.07) is 13.3. The Hall–Kier alpha value is -2.57. The largest absolute Gasteiger partial charge is 0.481 e. The first-order chi connectivity index (χ1) is 11.0. The van der Waals surface area contributed by atoms with Gasteiger partial charge in [0.25, 0.3) is 11.8 Å². The molecule has 6 nitrogen and oxygen atoms in total. The molecule has 0 spiro atoms. The fourth-order valence-corrected chi connectivity index (χ4v) is 2.00. The number of benzene rings is 2. The number of ether oxygens (including phenoxy) is 1. The van der Waals surface area contributed by atoms with Gasteiger partial charge in [-0.15, -0.1) is 0 Å². The molecule has 2 amide bonds. The summed E-state index contributed by atoms with van der Waals surface area (Å²) in [6.07, 6.45) is -0.734. The zero-order valence-electron chi connectivity index (χ0n) is 12.4. The topological polar surface area (TPSA) is 93.4 Å². The second-order valence-corrected chi connectivity index (χ2v) is 5.13. The van der Waals surface area contributed by atoms with Crippen molar-refractivity contribution in [2.45, 2.75) is 13.0 Å². The summed E-state index contributed by atoms with van der Waals surface area (Å²) in [7, 11) is 0. The van der Waals surface area contributed by atoms with E-state index in [1.54, 1.807) is 55.5 Å². The van der Waals surface area contributed by atoms with Crippen LogP contribution in [-0.4, -0.2) is 17.9 Å². The van der Waals surface area contributed by atoms with Gasteiger partial charge in [-0.25, -0.2) is 5.84 Å². The minimum atomic E-state index is -0.734. The molecule has 23 heavy (non-hydrogen) atoms. The van der Waals surface area contributed by atoms with E-state index in [0.717, 1.165) is 0 Å². The van der Waals surface area contributed by atoms with Crippen molar-refractivity contribution in [3.05, 3.63) is 59.1 Å². The summed E-state index contributed by atoms with van der Waals surface area (Å²) in [5, 5.41) is 3.18. The summed E-state index contributed by atoms with van der Waals surface area (Å²) < 4.78 is 5.39. The number of hydrogen-bond donors (Lipinski definition) is 3. The van der Waals surface area contributed by atoms with Gasteiger partial charge in [-0.1, -0.05) is 23.7 Å². The number of nitrogens with two attached hydrogens (primary N) is 1. The number of hydrogen-bond acceptors (Lipinski definition) is 4. The van der Waals surface area contributed by atoms with Gasteiger partial charge in [0.15, 0.2) is 6.10 Å². The molecule has 0 radical (unpaired) electrons. The van der Waals surface area contributed by atoms with E-state index in [2.05, 4.69) is 5.32 Å². The number of anilines is 1. The SMILES string of the molecule is CC(Oc1ccc(C(=O)Nc2ccccc2Cl)cc1)C(=O)NN. The van der Waals surface area contributed by atoms with Crippen LogP contribution in [0.25, 0.3) is 0 Å². The molecular weight excluding hydrogens is 318 g/mol. The van der Waals surface area contributed by atoms with E-state index in [0.29, 0.717) is 22.0 Å². The van der Waals surface area contributed by atoms with Gasteiger partial charge in [0.1, 0.15) is 5.75 Å². The lowest BCUT2D eigenvalue weighted by Gasteiger charge is -2.13. The van der Waals surface area contributed by atoms with Crippen molar-refractivity contribution < 1.29 is 14.3 Å². The van der Waals surface area contributed by atoms with Crippen LogP contribution in [0.1, 0.15) is 17.3 Å². The van der Waals surface area contributed by atoms with E-state index in [1.165, 1.54) is 0 Å². The fraction of sp³-hybridized carbons (Fsp3) is 0.125. The molecule has 0 fully saturated rings. The molecule has 0 heterocycles. The number of carbonyl (C=O) groups excluding carboxylic acids is 2. The number of para-hydroxylation sites is 1. The number of rotatable bonds is 5. The van der Waals surface area contributed by atoms with E-state index in [-0.39, 0.29) is 5.91 Å². The highest BCUT2D eigenvalue weighted by Crippen LogP contribution is 2.21. The Bertz CT molecular complexity index is 704. The van der Waals surface area contributed by atoms with E-state index < -0.39 is 12.0 Å². The van der Waals surface area contributed by atoms with Crippen LogP contribution in [0.2, 0.25) is 5.02 Å². The van der Waals surface area contributed by atoms with Crippen LogP contribution in [0, 0.1) is 0 Å². The maximum Gasteiger partial charge on any atom is 0.274 e. The lowest BCUT2D eigenvalue weighted by atomic mass is 10.2. The smallest absolute Gasteiger partial charge is 0.274 e. The van der Waals surface area contributed by atoms with Crippen LogP contribution in [-0.2, 0) is 4.79 Å². The van der Waals surface area contributed by atoms with Crippen LogP contribution < -0.4 is 21.3 Å². The highest BCUT2D eigenvalue weighted by Gasteiger charge is 2.13. The molecule has 2 rings (SSSR count). The van der Waals surface area contributed by atoms with Gasteiger partial charge in [0, 0.05) is 5.56 Å². The number of amides is 2. The number of carbonyl (C=O) groups is 2. The fourth-order valence-electron chi connectivity index (χ4n) is 1.82. The van der Waals surface area contributed by atoms with Gasteiger partial charge >= 0.3 is 0 Å². The maximum absolute atomic E-state index is 12.2. The van der Waals surface area contributed by atoms with E-state index >= 15 is 0 Å². The molecular formula is C16H16ClN3O3. The lowest BCUT2D eigenvalue weighted by molar-refractivity contribution is -0.127. The van der Waals surface area contributed by atoms with Crippen molar-refractivity contribution in [3.63, 3.8) is 0 Å². The molecule has 120 valence electrons. The van der Waals surface area contributed by atoms with Gasteiger partial charge in [-0.3, -0.25) is 15.0 Å². The van der Waals surface area contributed by atoms with Gasteiger partial charge in [-0.05, 0) is 43.3 Å². The van der Waals surface area contributed by atoms with Crippen LogP contribution in [0.15, 0.2) is 48.5 Å². The summed E-state index contributed by atoms with van der Waals surface area (Å²) in [4.78, 5) is 23.5. The molecule has 2 aromatic carbocycles. The predicted octanol–water partition coefficient (Wildman–Crippen LogP) is 2.35. The molecule has 0 aliphatic heterocycles. The number of nitrogens with one attached hydrogen (secondary N) is 2. The summed E-state index contributed by atoms with van der Waals surface area (Å²) in [6.45, 7) is 1.57. The van der Waals surface area contributed by atoms with Crippen molar-refractivity contribution in [1.82, 2.24) is 5.43 Å². The van der Waals surface area contributed by atoms with Crippen LogP contribution in [0.4, 0.5) is 5.69 Å². The van der Waals surface area contributed by atoms with Gasteiger partial charge < -0.3 is 10.1 Å². The van der Waals surface area contributed by atoms with Crippen molar-refractivity contribution in [2.75, 3.05) is 5.32 Å². The van der Waals surface area contributed by atoms with Gasteiger partial charge in [0.05, 0.1) is 10.7 Å². The third kappa shape index (κ3) is 4.45. The molecule has 0 aromatic heterocycles. The first kappa shape index (κ1) is 16.8. The molecule has 1 atom stereocenters. The van der Waals surface area contributed by atoms with Crippen LogP contribution in [0.3, 0.4) is 0 Å². The molecule has 7 heteroatoms. The number of halogens is 1. The molecule has 0 saturated heterocycles. The van der Waals surface area contributed by atoms with Crippen molar-refractivity contribution in [1.29, 1.82) is 0 Å². The summed E-state index contributed by atoms with van der Waals surface area (Å²) in [5.74, 6) is 4.75. The van der Waals surface area contributed by atoms with Crippen molar-refractivity contribution >= 4 is 29.1 Å². The van der Waals surface area contributed by atoms with Crippen LogP contribution in [0.5, 0.6) is 5.75 Å². The van der Waals surface area contributed by atoms with Gasteiger partial charge in [0.2, 0.25) is 0 Å². The third-order valence-corrected chi connectivity index (χ3v) is 3.39. The Morgan fingerprint density at radius 1 is 1.13 bits per heavy atom. The minimum absolute atomic E-state index is 0.294. The first-order valence-electron chi connectivity index (χ1n) is 6.84. The molecule has 0 bridgehead atoms. The standard InChI is InChI=1S/C16H16ClN3O3/c1-10(15(21)20-18)23-12-8-6-11(7-9-12)16(22)19-14-5-3-2-4-13(14)17/h2-10H,18H2,1H3,(H,19,22)(H,20,21). The Labute approximate surface area is 138 Å². The van der Waals surface area contributed by atoms with Crippen LogP contribution >= 0.6 is 11.6 Å². The Morgan fingerprint density at radius 2 is 1.78 bits per heavy atom. The Balaban J connectivity index is 2.03. The molecule has 1 unspecified atom stereocenters. The van der Waals surface area contributed by atoms with E-state index in [1.807, 2.05) is 5.43 Å². The zero-order chi connectivity index (χ0) is 16.8. The predicted molar refractivity (Wildman–Crippen MR) is 88.3 cm³/mol. The summed E-state index contributed by atoms with van der Waals surface area (Å²) in [5.41, 5.74) is 2.98. The highest BCUT2D eigenvalue weighted by atomic mass is 35.5. The average molecular weight is 334 g/mol. The van der Waals surface area contributed by atoms with Crippen molar-refractivity contribution in [3.8, 4) is 5.75 Å². The summed E-state index contributed by atoms with van der Waals surface area (Å²) >= 11 is 6.00. The molecule has 0 saturated carbocycles. The second kappa shape index (κ2) is 7.62. The normalized spacial score (nSPS) is 11.4. The van der Waals surface area contributed by atoms with E-state index in [9.17, 15) is 9.59 Å². The zero-order valence-corrected chi connectivity index (χ0v) is 13.1. The second-order valence-electron chi connectivity index (χ2n) is 4.73. The monoisotopic (exact) mass is 333 g/mol. The molecule has 0 aliphatic rings. The quantitative estimate of drug-likeness (QED) is 0.445. The number of hydrazine groups is 1. The Morgan fingerprint density at radius 3 is 2.39 bits per heavy atom. The maximum atomic E-state index is 12.2.